The Morgan fingerprint density at radius 2 is 2.17 bits per heavy atom. The molecule has 0 fully saturated rings. The number of nitrogens with one attached hydrogen (secondary N) is 1. The third-order valence-corrected chi connectivity index (χ3v) is 3.64. The quantitative estimate of drug-likeness (QED) is 0.887. The van der Waals surface area contributed by atoms with Crippen LogP contribution in [0.15, 0.2) is 23.0 Å². The molecule has 0 amide bonds. The second kappa shape index (κ2) is 5.57. The summed E-state index contributed by atoms with van der Waals surface area (Å²) in [6, 6.07) is 3.00. The Kier molecular flexibility index (Phi) is 4.07. The average Bonchev–Trinajstić information content (AvgIpc) is 2.88. The molecule has 4 heteroatoms. The highest BCUT2D eigenvalue weighted by atomic mass is 32.1. The minimum atomic E-state index is 0.388. The van der Waals surface area contributed by atoms with Gasteiger partial charge in [0.05, 0.1) is 5.69 Å². The van der Waals surface area contributed by atoms with E-state index in [-0.39, 0.29) is 0 Å². The summed E-state index contributed by atoms with van der Waals surface area (Å²) in [6.45, 7) is 8.59. The first-order chi connectivity index (χ1) is 8.56. The molecule has 3 nitrogen and oxygen atoms in total. The molecule has 0 saturated heterocycles. The van der Waals surface area contributed by atoms with E-state index >= 15 is 0 Å². The molecule has 0 radical (unpaired) electrons. The lowest BCUT2D eigenvalue weighted by atomic mass is 10.1. The lowest BCUT2D eigenvalue weighted by Crippen LogP contribution is -2.21. The third kappa shape index (κ3) is 3.13. The highest BCUT2D eigenvalue weighted by Crippen LogP contribution is 2.17. The number of aromatic nitrogens is 2. The highest BCUT2D eigenvalue weighted by molar-refractivity contribution is 7.07. The van der Waals surface area contributed by atoms with Crippen LogP contribution in [0.4, 0.5) is 5.95 Å². The Balaban J connectivity index is 2.04. The maximum Gasteiger partial charge on any atom is 0.203 e. The summed E-state index contributed by atoms with van der Waals surface area (Å²) in [5, 5.41) is 7.84. The number of imidazole rings is 1. The number of nitrogens with zero attached hydrogens (tertiary/aromatic N) is 2. The first-order valence-corrected chi connectivity index (χ1v) is 7.33. The largest absolute Gasteiger partial charge is 0.353 e. The molecule has 0 aromatic carbocycles. The zero-order chi connectivity index (χ0) is 13.1. The second-order valence-corrected chi connectivity index (χ2v) is 5.87. The van der Waals surface area contributed by atoms with Crippen LogP contribution in [-0.4, -0.2) is 15.6 Å². The molecule has 0 spiro atoms. The van der Waals surface area contributed by atoms with E-state index in [2.05, 4.69) is 58.7 Å². The summed E-state index contributed by atoms with van der Waals surface area (Å²) in [6.07, 6.45) is 3.14. The van der Waals surface area contributed by atoms with Crippen LogP contribution in [0.25, 0.3) is 0 Å². The van der Waals surface area contributed by atoms with Crippen LogP contribution in [0.3, 0.4) is 0 Å². The van der Waals surface area contributed by atoms with Gasteiger partial charge in [0.15, 0.2) is 0 Å². The van der Waals surface area contributed by atoms with Crippen molar-refractivity contribution < 1.29 is 0 Å². The van der Waals surface area contributed by atoms with Crippen LogP contribution in [0.5, 0.6) is 0 Å². The fourth-order valence-corrected chi connectivity index (χ4v) is 2.73. The van der Waals surface area contributed by atoms with Crippen molar-refractivity contribution in [3.05, 3.63) is 34.3 Å². The Labute approximate surface area is 113 Å². The summed E-state index contributed by atoms with van der Waals surface area (Å²) >= 11 is 1.75. The summed E-state index contributed by atoms with van der Waals surface area (Å²) in [5.41, 5.74) is 2.45. The Morgan fingerprint density at radius 3 is 2.78 bits per heavy atom. The standard InChI is InChI=1S/C14H21N3S/c1-10(2)17-8-12(4)16-14(17)15-11(3)7-13-5-6-18-9-13/h5-6,8-11H,7H2,1-4H3,(H,15,16). The fraction of sp³-hybridized carbons (Fsp3) is 0.500. The molecule has 2 heterocycles. The second-order valence-electron chi connectivity index (χ2n) is 5.09. The highest BCUT2D eigenvalue weighted by Gasteiger charge is 2.11. The SMILES string of the molecule is Cc1cn(C(C)C)c(NC(C)Cc2ccsc2)n1. The van der Waals surface area contributed by atoms with E-state index in [0.29, 0.717) is 12.1 Å². The Morgan fingerprint density at radius 1 is 1.39 bits per heavy atom. The summed E-state index contributed by atoms with van der Waals surface area (Å²) < 4.78 is 2.19. The van der Waals surface area contributed by atoms with Crippen molar-refractivity contribution in [1.82, 2.24) is 9.55 Å². The van der Waals surface area contributed by atoms with E-state index in [0.717, 1.165) is 18.1 Å². The lowest BCUT2D eigenvalue weighted by Gasteiger charge is -2.17. The van der Waals surface area contributed by atoms with Crippen molar-refractivity contribution in [2.75, 3.05) is 5.32 Å². The van der Waals surface area contributed by atoms with E-state index in [4.69, 9.17) is 0 Å². The van der Waals surface area contributed by atoms with E-state index in [1.54, 1.807) is 11.3 Å². The van der Waals surface area contributed by atoms with Gasteiger partial charge in [0.2, 0.25) is 5.95 Å². The van der Waals surface area contributed by atoms with Crippen molar-refractivity contribution >= 4 is 17.3 Å². The number of anilines is 1. The minimum absolute atomic E-state index is 0.388. The molecular weight excluding hydrogens is 242 g/mol. The van der Waals surface area contributed by atoms with Gasteiger partial charge in [0.1, 0.15) is 0 Å². The third-order valence-electron chi connectivity index (χ3n) is 2.91. The fourth-order valence-electron chi connectivity index (χ4n) is 2.05. The number of hydrogen-bond acceptors (Lipinski definition) is 3. The molecule has 1 N–H and O–H groups in total. The van der Waals surface area contributed by atoms with Gasteiger partial charge in [-0.1, -0.05) is 0 Å². The van der Waals surface area contributed by atoms with Crippen LogP contribution >= 0.6 is 11.3 Å². The molecular formula is C14H21N3S. The molecule has 0 aliphatic carbocycles. The number of hydrogen-bond donors (Lipinski definition) is 1. The van der Waals surface area contributed by atoms with Gasteiger partial charge < -0.3 is 9.88 Å². The molecule has 0 bridgehead atoms. The van der Waals surface area contributed by atoms with Crippen molar-refractivity contribution in [3.63, 3.8) is 0 Å². The van der Waals surface area contributed by atoms with Crippen LogP contribution in [-0.2, 0) is 6.42 Å². The Hall–Kier alpha value is -1.29. The summed E-state index contributed by atoms with van der Waals surface area (Å²) in [5.74, 6) is 0.977. The Bertz CT molecular complexity index is 485. The molecule has 0 aliphatic heterocycles. The molecule has 2 aromatic rings. The maximum absolute atomic E-state index is 4.56. The van der Waals surface area contributed by atoms with Crippen molar-refractivity contribution in [1.29, 1.82) is 0 Å². The van der Waals surface area contributed by atoms with Crippen molar-refractivity contribution in [3.8, 4) is 0 Å². The number of thiophene rings is 1. The van der Waals surface area contributed by atoms with E-state index in [9.17, 15) is 0 Å². The molecule has 1 unspecified atom stereocenters. The topological polar surface area (TPSA) is 29.9 Å². The first kappa shape index (κ1) is 13.1. The molecule has 1 atom stereocenters. The number of aryl methyl sites for hydroxylation is 1. The maximum atomic E-state index is 4.56. The molecule has 0 saturated carbocycles. The van der Waals surface area contributed by atoms with Gasteiger partial charge in [-0.2, -0.15) is 11.3 Å². The molecule has 98 valence electrons. The molecule has 0 aliphatic rings. The molecule has 2 rings (SSSR count). The predicted molar refractivity (Wildman–Crippen MR) is 78.5 cm³/mol. The van der Waals surface area contributed by atoms with Gasteiger partial charge in [-0.3, -0.25) is 0 Å². The van der Waals surface area contributed by atoms with Gasteiger partial charge >= 0.3 is 0 Å². The molecule has 2 aromatic heterocycles. The first-order valence-electron chi connectivity index (χ1n) is 6.39. The van der Waals surface area contributed by atoms with E-state index in [1.807, 2.05) is 6.92 Å². The minimum Gasteiger partial charge on any atom is -0.353 e. The van der Waals surface area contributed by atoms with E-state index in [1.165, 1.54) is 5.56 Å². The zero-order valence-corrected chi connectivity index (χ0v) is 12.3. The van der Waals surface area contributed by atoms with Gasteiger partial charge in [-0.25, -0.2) is 4.98 Å². The molecule has 18 heavy (non-hydrogen) atoms. The van der Waals surface area contributed by atoms with Crippen molar-refractivity contribution in [2.24, 2.45) is 0 Å². The monoisotopic (exact) mass is 263 g/mol. The lowest BCUT2D eigenvalue weighted by molar-refractivity contribution is 0.598. The zero-order valence-electron chi connectivity index (χ0n) is 11.5. The van der Waals surface area contributed by atoms with Crippen LogP contribution < -0.4 is 5.32 Å². The van der Waals surface area contributed by atoms with Gasteiger partial charge in [-0.05, 0) is 56.5 Å². The van der Waals surface area contributed by atoms with Gasteiger partial charge in [0.25, 0.3) is 0 Å². The smallest absolute Gasteiger partial charge is 0.203 e. The average molecular weight is 263 g/mol. The van der Waals surface area contributed by atoms with Crippen LogP contribution in [0.2, 0.25) is 0 Å². The van der Waals surface area contributed by atoms with Crippen LogP contribution in [0, 0.1) is 6.92 Å². The van der Waals surface area contributed by atoms with Crippen molar-refractivity contribution in [2.45, 2.75) is 46.2 Å². The summed E-state index contributed by atoms with van der Waals surface area (Å²) in [7, 11) is 0. The van der Waals surface area contributed by atoms with Crippen LogP contribution in [0.1, 0.15) is 38.1 Å². The predicted octanol–water partition coefficient (Wildman–Crippen LogP) is 3.88. The van der Waals surface area contributed by atoms with E-state index < -0.39 is 0 Å². The summed E-state index contributed by atoms with van der Waals surface area (Å²) in [4.78, 5) is 4.56. The van der Waals surface area contributed by atoms with Gasteiger partial charge in [0, 0.05) is 18.3 Å². The number of rotatable bonds is 5. The normalized spacial score (nSPS) is 12.9. The van der Waals surface area contributed by atoms with Gasteiger partial charge in [-0.15, -0.1) is 0 Å².